The molecular weight excluding hydrogens is 234 g/mol. The molecule has 0 amide bonds. The summed E-state index contributed by atoms with van der Waals surface area (Å²) in [4.78, 5) is 0. The Hall–Kier alpha value is -0.810. The fraction of sp³-hybridized carbons (Fsp3) is 0.455. The van der Waals surface area contributed by atoms with E-state index in [1.54, 1.807) is 23.9 Å². The highest BCUT2D eigenvalue weighted by Crippen LogP contribution is 2.19. The van der Waals surface area contributed by atoms with Crippen molar-refractivity contribution < 1.29 is 18.6 Å². The van der Waals surface area contributed by atoms with E-state index in [9.17, 15) is 8.78 Å². The zero-order valence-electron chi connectivity index (χ0n) is 8.73. The number of ether oxygens (including phenoxy) is 1. The number of benzene rings is 1. The van der Waals surface area contributed by atoms with Crippen LogP contribution in [-0.2, 0) is 5.75 Å². The van der Waals surface area contributed by atoms with Gasteiger partial charge in [0.2, 0.25) is 0 Å². The molecule has 90 valence electrons. The van der Waals surface area contributed by atoms with E-state index in [1.807, 2.05) is 6.07 Å². The minimum absolute atomic E-state index is 0.182. The first-order valence-electron chi connectivity index (χ1n) is 4.94. The van der Waals surface area contributed by atoms with Crippen molar-refractivity contribution in [1.29, 1.82) is 0 Å². The van der Waals surface area contributed by atoms with Crippen molar-refractivity contribution in [2.45, 2.75) is 18.8 Å². The van der Waals surface area contributed by atoms with E-state index in [0.29, 0.717) is 0 Å². The van der Waals surface area contributed by atoms with Gasteiger partial charge in [-0.2, -0.15) is 20.5 Å². The highest BCUT2D eigenvalue weighted by atomic mass is 32.2. The van der Waals surface area contributed by atoms with Crippen LogP contribution in [0.2, 0.25) is 0 Å². The Balaban J connectivity index is 2.41. The first kappa shape index (κ1) is 13.3. The van der Waals surface area contributed by atoms with Crippen LogP contribution in [0.15, 0.2) is 24.3 Å². The number of aliphatic hydroxyl groups is 1. The van der Waals surface area contributed by atoms with Crippen molar-refractivity contribution in [1.82, 2.24) is 0 Å². The zero-order valence-corrected chi connectivity index (χ0v) is 9.55. The number of aliphatic hydroxyl groups excluding tert-OH is 1. The quantitative estimate of drug-likeness (QED) is 0.752. The molecule has 0 saturated carbocycles. The highest BCUT2D eigenvalue weighted by molar-refractivity contribution is 7.98. The van der Waals surface area contributed by atoms with Gasteiger partial charge in [-0.05, 0) is 29.9 Å². The van der Waals surface area contributed by atoms with Gasteiger partial charge in [0.1, 0.15) is 5.75 Å². The minimum Gasteiger partial charge on any atom is -0.435 e. The molecular formula is C11H14F2O2S. The fourth-order valence-corrected chi connectivity index (χ4v) is 2.06. The number of alkyl halides is 2. The number of halogens is 2. The second kappa shape index (κ2) is 7.46. The van der Waals surface area contributed by atoms with Gasteiger partial charge in [-0.25, -0.2) is 0 Å². The fourth-order valence-electron chi connectivity index (χ4n) is 1.17. The van der Waals surface area contributed by atoms with Gasteiger partial charge in [-0.1, -0.05) is 12.1 Å². The molecule has 1 rings (SSSR count). The predicted molar refractivity (Wildman–Crippen MR) is 60.9 cm³/mol. The average molecular weight is 248 g/mol. The van der Waals surface area contributed by atoms with Gasteiger partial charge in [0.05, 0.1) is 0 Å². The summed E-state index contributed by atoms with van der Waals surface area (Å²) in [6.07, 6.45) is 0.748. The Morgan fingerprint density at radius 3 is 2.88 bits per heavy atom. The van der Waals surface area contributed by atoms with Gasteiger partial charge in [-0.3, -0.25) is 0 Å². The van der Waals surface area contributed by atoms with Gasteiger partial charge in [0, 0.05) is 12.4 Å². The second-order valence-corrected chi connectivity index (χ2v) is 4.26. The van der Waals surface area contributed by atoms with Crippen molar-refractivity contribution in [2.24, 2.45) is 0 Å². The summed E-state index contributed by atoms with van der Waals surface area (Å²) >= 11 is 1.66. The van der Waals surface area contributed by atoms with Crippen LogP contribution in [0, 0.1) is 0 Å². The lowest BCUT2D eigenvalue weighted by atomic mass is 10.2. The molecule has 0 heterocycles. The standard InChI is InChI=1S/C11H14F2O2S/c12-11(13)15-10-4-1-3-9(7-10)8-16-6-2-5-14/h1,3-4,7,11,14H,2,5-6,8H2. The molecule has 0 saturated heterocycles. The normalized spacial score (nSPS) is 10.8. The second-order valence-electron chi connectivity index (χ2n) is 3.16. The Morgan fingerprint density at radius 2 is 2.19 bits per heavy atom. The van der Waals surface area contributed by atoms with Crippen LogP contribution in [0.25, 0.3) is 0 Å². The van der Waals surface area contributed by atoms with Crippen LogP contribution < -0.4 is 4.74 Å². The largest absolute Gasteiger partial charge is 0.435 e. The van der Waals surface area contributed by atoms with E-state index in [4.69, 9.17) is 5.11 Å². The van der Waals surface area contributed by atoms with Gasteiger partial charge >= 0.3 is 6.61 Å². The summed E-state index contributed by atoms with van der Waals surface area (Å²) in [6, 6.07) is 6.68. The molecule has 1 aromatic carbocycles. The molecule has 0 fully saturated rings. The third-order valence-corrected chi connectivity index (χ3v) is 2.95. The summed E-state index contributed by atoms with van der Waals surface area (Å²) < 4.78 is 28.2. The predicted octanol–water partition coefficient (Wildman–Crippen LogP) is 2.90. The number of hydrogen-bond acceptors (Lipinski definition) is 3. The molecule has 0 radical (unpaired) electrons. The molecule has 0 aliphatic carbocycles. The molecule has 0 aliphatic rings. The van der Waals surface area contributed by atoms with E-state index in [-0.39, 0.29) is 12.4 Å². The maximum atomic E-state index is 11.9. The van der Waals surface area contributed by atoms with Crippen LogP contribution in [0.5, 0.6) is 5.75 Å². The zero-order chi connectivity index (χ0) is 11.8. The van der Waals surface area contributed by atoms with Crippen molar-refractivity contribution in [3.05, 3.63) is 29.8 Å². The van der Waals surface area contributed by atoms with Crippen LogP contribution >= 0.6 is 11.8 Å². The number of hydrogen-bond donors (Lipinski definition) is 1. The lowest BCUT2D eigenvalue weighted by Crippen LogP contribution is -2.01. The SMILES string of the molecule is OCCCSCc1cccc(OC(F)F)c1. The lowest BCUT2D eigenvalue weighted by Gasteiger charge is -2.06. The molecule has 16 heavy (non-hydrogen) atoms. The van der Waals surface area contributed by atoms with Gasteiger partial charge in [0.15, 0.2) is 0 Å². The molecule has 1 N–H and O–H groups in total. The molecule has 0 aliphatic heterocycles. The maximum absolute atomic E-state index is 11.9. The molecule has 2 nitrogen and oxygen atoms in total. The van der Waals surface area contributed by atoms with Crippen molar-refractivity contribution in [2.75, 3.05) is 12.4 Å². The highest BCUT2D eigenvalue weighted by Gasteiger charge is 2.04. The van der Waals surface area contributed by atoms with Crippen LogP contribution in [0.3, 0.4) is 0 Å². The molecule has 1 aromatic rings. The van der Waals surface area contributed by atoms with Gasteiger partial charge < -0.3 is 9.84 Å². The molecule has 5 heteroatoms. The lowest BCUT2D eigenvalue weighted by molar-refractivity contribution is -0.0498. The Bertz CT molecular complexity index is 308. The minimum atomic E-state index is -2.78. The number of thioether (sulfide) groups is 1. The van der Waals surface area contributed by atoms with E-state index in [2.05, 4.69) is 4.74 Å². The van der Waals surface area contributed by atoms with Gasteiger partial charge in [-0.15, -0.1) is 0 Å². The Morgan fingerprint density at radius 1 is 1.38 bits per heavy atom. The molecule has 0 atom stereocenters. The molecule has 0 spiro atoms. The van der Waals surface area contributed by atoms with Crippen molar-refractivity contribution in [3.8, 4) is 5.75 Å². The van der Waals surface area contributed by atoms with E-state index >= 15 is 0 Å². The smallest absolute Gasteiger partial charge is 0.387 e. The summed E-state index contributed by atoms with van der Waals surface area (Å²) in [6.45, 7) is -2.60. The molecule has 0 aromatic heterocycles. The molecule has 0 unspecified atom stereocenters. The monoisotopic (exact) mass is 248 g/mol. The van der Waals surface area contributed by atoms with Gasteiger partial charge in [0.25, 0.3) is 0 Å². The summed E-state index contributed by atoms with van der Waals surface area (Å²) in [5.41, 5.74) is 0.945. The summed E-state index contributed by atoms with van der Waals surface area (Å²) in [5.74, 6) is 1.78. The van der Waals surface area contributed by atoms with Crippen molar-refractivity contribution >= 4 is 11.8 Å². The van der Waals surface area contributed by atoms with Crippen LogP contribution in [-0.4, -0.2) is 24.1 Å². The third kappa shape index (κ3) is 5.32. The van der Waals surface area contributed by atoms with E-state index < -0.39 is 6.61 Å². The first-order chi connectivity index (χ1) is 7.72. The van der Waals surface area contributed by atoms with E-state index in [1.165, 1.54) is 6.07 Å². The Kier molecular flexibility index (Phi) is 6.18. The Labute approximate surface area is 97.6 Å². The summed E-state index contributed by atoms with van der Waals surface area (Å²) in [7, 11) is 0. The van der Waals surface area contributed by atoms with Crippen LogP contribution in [0.1, 0.15) is 12.0 Å². The average Bonchev–Trinajstić information content (AvgIpc) is 2.24. The first-order valence-corrected chi connectivity index (χ1v) is 6.10. The van der Waals surface area contributed by atoms with Crippen LogP contribution in [0.4, 0.5) is 8.78 Å². The third-order valence-electron chi connectivity index (χ3n) is 1.84. The summed E-state index contributed by atoms with van der Waals surface area (Å²) in [5, 5.41) is 8.59. The maximum Gasteiger partial charge on any atom is 0.387 e. The molecule has 0 bridgehead atoms. The number of rotatable bonds is 7. The van der Waals surface area contributed by atoms with E-state index in [0.717, 1.165) is 23.5 Å². The van der Waals surface area contributed by atoms with Crippen molar-refractivity contribution in [3.63, 3.8) is 0 Å². The topological polar surface area (TPSA) is 29.5 Å².